The Bertz CT molecular complexity index is 741. The molecule has 0 saturated carbocycles. The predicted octanol–water partition coefficient (Wildman–Crippen LogP) is 0.364. The van der Waals surface area contributed by atoms with Gasteiger partial charge in [0.15, 0.2) is 0 Å². The summed E-state index contributed by atoms with van der Waals surface area (Å²) in [7, 11) is 1.98. The largest absolute Gasteiger partial charge is 0.388 e. The van der Waals surface area contributed by atoms with E-state index in [2.05, 4.69) is 5.32 Å². The van der Waals surface area contributed by atoms with E-state index in [0.717, 1.165) is 16.5 Å². The first-order valence-electron chi connectivity index (χ1n) is 7.87. The van der Waals surface area contributed by atoms with Gasteiger partial charge in [0.25, 0.3) is 0 Å². The number of aliphatic hydroxyl groups is 1. The summed E-state index contributed by atoms with van der Waals surface area (Å²) < 4.78 is 13.1. The van der Waals surface area contributed by atoms with E-state index in [4.69, 9.17) is 9.47 Å². The number of nitrogens with one attached hydrogen (secondary N) is 1. The number of aliphatic hydroxyl groups excluding tert-OH is 1. The van der Waals surface area contributed by atoms with Gasteiger partial charge in [-0.2, -0.15) is 0 Å². The number of nitrogens with zero attached hydrogens (tertiary/aromatic N) is 1. The third-order valence-electron chi connectivity index (χ3n) is 4.70. The third kappa shape index (κ3) is 2.52. The number of hydrogen-bond donors (Lipinski definition) is 2. The Morgan fingerprint density at radius 3 is 2.96 bits per heavy atom. The lowest BCUT2D eigenvalue weighted by atomic mass is 10.1. The van der Waals surface area contributed by atoms with Crippen molar-refractivity contribution in [2.24, 2.45) is 7.05 Å². The first kappa shape index (κ1) is 14.7. The molecule has 2 saturated heterocycles. The lowest BCUT2D eigenvalue weighted by Crippen LogP contribution is -2.44. The molecule has 3 heterocycles. The number of ether oxygens (including phenoxy) is 2. The van der Waals surface area contributed by atoms with Gasteiger partial charge in [-0.25, -0.2) is 0 Å². The molecule has 6 nitrogen and oxygen atoms in total. The Kier molecular flexibility index (Phi) is 3.60. The first-order chi connectivity index (χ1) is 11.1. The van der Waals surface area contributed by atoms with Crippen LogP contribution in [0.1, 0.15) is 5.56 Å². The summed E-state index contributed by atoms with van der Waals surface area (Å²) in [5.74, 6) is -0.0550. The van der Waals surface area contributed by atoms with Crippen LogP contribution < -0.4 is 5.32 Å². The molecule has 4 atom stereocenters. The second-order valence-corrected chi connectivity index (χ2v) is 6.30. The third-order valence-corrected chi connectivity index (χ3v) is 4.70. The Morgan fingerprint density at radius 2 is 2.09 bits per heavy atom. The summed E-state index contributed by atoms with van der Waals surface area (Å²) in [5, 5.41) is 13.8. The molecule has 0 bridgehead atoms. The highest BCUT2D eigenvalue weighted by atomic mass is 16.6. The summed E-state index contributed by atoms with van der Waals surface area (Å²) in [5.41, 5.74) is 2.12. The topological polar surface area (TPSA) is 72.7 Å². The van der Waals surface area contributed by atoms with Crippen LogP contribution in [0.15, 0.2) is 30.5 Å². The summed E-state index contributed by atoms with van der Waals surface area (Å²) in [6.07, 6.45) is 1.14. The molecule has 2 aliphatic rings. The molecule has 2 fully saturated rings. The Morgan fingerprint density at radius 1 is 1.30 bits per heavy atom. The number of aryl methyl sites for hydroxylation is 1. The molecule has 0 radical (unpaired) electrons. The smallest absolute Gasteiger partial charge is 0.224 e. The SMILES string of the molecule is Cn1cc(CC(=O)N[C@H]2CO[C@H]3[C@@H]2OC[C@@H]3O)c2ccccc21. The molecule has 2 aromatic rings. The number of carbonyl (C=O) groups is 1. The van der Waals surface area contributed by atoms with E-state index in [1.165, 1.54) is 0 Å². The van der Waals surface area contributed by atoms with Crippen molar-refractivity contribution in [3.63, 3.8) is 0 Å². The average molecular weight is 316 g/mol. The van der Waals surface area contributed by atoms with Gasteiger partial charge in [0.05, 0.1) is 25.7 Å². The fraction of sp³-hybridized carbons (Fsp3) is 0.471. The molecule has 0 spiro atoms. The molecule has 1 aromatic carbocycles. The molecule has 0 aliphatic carbocycles. The molecular formula is C17H20N2O4. The van der Waals surface area contributed by atoms with E-state index in [1.54, 1.807) is 0 Å². The van der Waals surface area contributed by atoms with Crippen LogP contribution in [0.2, 0.25) is 0 Å². The number of para-hydroxylation sites is 1. The van der Waals surface area contributed by atoms with Crippen molar-refractivity contribution in [1.82, 2.24) is 9.88 Å². The van der Waals surface area contributed by atoms with Crippen molar-refractivity contribution in [3.05, 3.63) is 36.0 Å². The summed E-state index contributed by atoms with van der Waals surface area (Å²) in [6, 6.07) is 7.85. The van der Waals surface area contributed by atoms with E-state index < -0.39 is 6.10 Å². The van der Waals surface area contributed by atoms with Crippen LogP contribution in [0.25, 0.3) is 10.9 Å². The molecule has 4 rings (SSSR count). The maximum Gasteiger partial charge on any atom is 0.224 e. The Labute approximate surface area is 134 Å². The fourth-order valence-corrected chi connectivity index (χ4v) is 3.60. The van der Waals surface area contributed by atoms with Crippen molar-refractivity contribution in [3.8, 4) is 0 Å². The highest BCUT2D eigenvalue weighted by Crippen LogP contribution is 2.27. The van der Waals surface area contributed by atoms with Crippen molar-refractivity contribution < 1.29 is 19.4 Å². The number of hydrogen-bond acceptors (Lipinski definition) is 4. The zero-order chi connectivity index (χ0) is 16.0. The van der Waals surface area contributed by atoms with E-state index in [1.807, 2.05) is 42.1 Å². The van der Waals surface area contributed by atoms with Crippen LogP contribution in [-0.4, -0.2) is 53.1 Å². The van der Waals surface area contributed by atoms with Crippen molar-refractivity contribution in [2.45, 2.75) is 30.8 Å². The molecule has 23 heavy (non-hydrogen) atoms. The maximum absolute atomic E-state index is 12.4. The quantitative estimate of drug-likeness (QED) is 0.858. The number of benzene rings is 1. The van der Waals surface area contributed by atoms with Crippen LogP contribution >= 0.6 is 0 Å². The van der Waals surface area contributed by atoms with E-state index in [-0.39, 0.29) is 30.8 Å². The number of carbonyl (C=O) groups excluding carboxylic acids is 1. The van der Waals surface area contributed by atoms with Gasteiger partial charge >= 0.3 is 0 Å². The maximum atomic E-state index is 12.4. The molecule has 0 unspecified atom stereocenters. The van der Waals surface area contributed by atoms with Gasteiger partial charge in [0, 0.05) is 24.1 Å². The Hall–Kier alpha value is -1.89. The normalized spacial score (nSPS) is 29.8. The summed E-state index contributed by atoms with van der Waals surface area (Å²) in [6.45, 7) is 0.651. The van der Waals surface area contributed by atoms with E-state index in [0.29, 0.717) is 13.0 Å². The number of amides is 1. The molecule has 2 N–H and O–H groups in total. The van der Waals surface area contributed by atoms with Crippen LogP contribution in [-0.2, 0) is 27.7 Å². The summed E-state index contributed by atoms with van der Waals surface area (Å²) >= 11 is 0. The van der Waals surface area contributed by atoms with E-state index >= 15 is 0 Å². The minimum atomic E-state index is -0.597. The lowest BCUT2D eigenvalue weighted by Gasteiger charge is -2.17. The van der Waals surface area contributed by atoms with Crippen molar-refractivity contribution >= 4 is 16.8 Å². The number of rotatable bonds is 3. The first-order valence-corrected chi connectivity index (χ1v) is 7.87. The average Bonchev–Trinajstić information content (AvgIpc) is 3.18. The van der Waals surface area contributed by atoms with E-state index in [9.17, 15) is 9.90 Å². The van der Waals surface area contributed by atoms with Crippen molar-refractivity contribution in [1.29, 1.82) is 0 Å². The van der Waals surface area contributed by atoms with Crippen LogP contribution in [0.4, 0.5) is 0 Å². The molecule has 2 aliphatic heterocycles. The molecule has 1 amide bonds. The minimum absolute atomic E-state index is 0.0550. The fourth-order valence-electron chi connectivity index (χ4n) is 3.60. The molecule has 6 heteroatoms. The lowest BCUT2D eigenvalue weighted by molar-refractivity contribution is -0.121. The predicted molar refractivity (Wildman–Crippen MR) is 84.0 cm³/mol. The van der Waals surface area contributed by atoms with Crippen molar-refractivity contribution in [2.75, 3.05) is 13.2 Å². The van der Waals surface area contributed by atoms with Gasteiger partial charge in [-0.15, -0.1) is 0 Å². The number of aromatic nitrogens is 1. The van der Waals surface area contributed by atoms with Crippen LogP contribution in [0.5, 0.6) is 0 Å². The second-order valence-electron chi connectivity index (χ2n) is 6.30. The van der Waals surface area contributed by atoms with Gasteiger partial charge in [-0.1, -0.05) is 18.2 Å². The standard InChI is InChI=1S/C17H20N2O4/c1-19-7-10(11-4-2-3-5-13(11)19)6-15(21)18-12-8-22-17-14(20)9-23-16(12)17/h2-5,7,12,14,16-17,20H,6,8-9H2,1H3,(H,18,21)/t12-,14-,16+,17+/m0/s1. The van der Waals surface area contributed by atoms with Gasteiger partial charge in [0.1, 0.15) is 18.3 Å². The number of fused-ring (bicyclic) bond motifs is 2. The Balaban J connectivity index is 1.46. The van der Waals surface area contributed by atoms with Gasteiger partial charge in [-0.05, 0) is 11.6 Å². The van der Waals surface area contributed by atoms with Gasteiger partial charge in [0.2, 0.25) is 5.91 Å². The molecule has 1 aromatic heterocycles. The zero-order valence-corrected chi connectivity index (χ0v) is 12.9. The highest BCUT2D eigenvalue weighted by Gasteiger charge is 2.47. The monoisotopic (exact) mass is 316 g/mol. The molecule has 122 valence electrons. The molecular weight excluding hydrogens is 296 g/mol. The minimum Gasteiger partial charge on any atom is -0.388 e. The second kappa shape index (κ2) is 5.63. The summed E-state index contributed by atoms with van der Waals surface area (Å²) in [4.78, 5) is 12.4. The zero-order valence-electron chi connectivity index (χ0n) is 12.9. The highest BCUT2D eigenvalue weighted by molar-refractivity contribution is 5.89. The van der Waals surface area contributed by atoms with Gasteiger partial charge < -0.3 is 24.5 Å². The van der Waals surface area contributed by atoms with Crippen LogP contribution in [0, 0.1) is 0 Å². The van der Waals surface area contributed by atoms with Crippen LogP contribution in [0.3, 0.4) is 0 Å². The van der Waals surface area contributed by atoms with Gasteiger partial charge in [-0.3, -0.25) is 4.79 Å².